The summed E-state index contributed by atoms with van der Waals surface area (Å²) in [6.07, 6.45) is 10.0. The van der Waals surface area contributed by atoms with E-state index in [4.69, 9.17) is 18.9 Å². The molecule has 2 aromatic heterocycles. The van der Waals surface area contributed by atoms with Crippen LogP contribution in [0.5, 0.6) is 23.0 Å². The second kappa shape index (κ2) is 23.5. The van der Waals surface area contributed by atoms with Crippen molar-refractivity contribution < 1.29 is 76.0 Å². The number of halogens is 2. The highest BCUT2D eigenvalue weighted by atomic mass is 127. The fourth-order valence-corrected chi connectivity index (χ4v) is 7.73. The van der Waals surface area contributed by atoms with Crippen molar-refractivity contribution in [2.24, 2.45) is 0 Å². The van der Waals surface area contributed by atoms with Crippen molar-refractivity contribution in [2.75, 3.05) is 52.2 Å². The summed E-state index contributed by atoms with van der Waals surface area (Å²) in [6.45, 7) is 7.82. The smallest absolute Gasteiger partial charge is 0.215 e. The molecule has 0 aliphatic heterocycles. The minimum atomic E-state index is 0. The minimum absolute atomic E-state index is 0. The molecular weight excluding hydrogens is 950 g/mol. The first-order chi connectivity index (χ1) is 27.4. The van der Waals surface area contributed by atoms with E-state index in [9.17, 15) is 0 Å². The number of rotatable bonds is 21. The van der Waals surface area contributed by atoms with Crippen LogP contribution >= 0.6 is 0 Å². The van der Waals surface area contributed by atoms with Crippen LogP contribution in [-0.2, 0) is 13.1 Å². The first-order valence-electron chi connectivity index (χ1n) is 20.2. The summed E-state index contributed by atoms with van der Waals surface area (Å²) in [4.78, 5) is 0. The van der Waals surface area contributed by atoms with Crippen LogP contribution in [0.4, 0.5) is 11.4 Å². The van der Waals surface area contributed by atoms with Gasteiger partial charge in [0.15, 0.2) is 24.5 Å². The van der Waals surface area contributed by atoms with E-state index in [0.29, 0.717) is 0 Å². The van der Waals surface area contributed by atoms with Gasteiger partial charge in [0.25, 0.3) is 0 Å². The van der Waals surface area contributed by atoms with Crippen LogP contribution in [0, 0.1) is 13.8 Å². The van der Waals surface area contributed by atoms with Crippen molar-refractivity contribution in [1.29, 1.82) is 0 Å². The lowest BCUT2D eigenvalue weighted by atomic mass is 10.1. The van der Waals surface area contributed by atoms with E-state index in [1.54, 1.807) is 28.4 Å². The third kappa shape index (κ3) is 12.2. The lowest BCUT2D eigenvalue weighted by Gasteiger charge is -2.13. The van der Waals surface area contributed by atoms with Crippen molar-refractivity contribution in [3.63, 3.8) is 0 Å². The lowest BCUT2D eigenvalue weighted by Crippen LogP contribution is -3.00. The fourth-order valence-electron chi connectivity index (χ4n) is 7.73. The molecule has 6 rings (SSSR count). The molecule has 10 heteroatoms. The zero-order chi connectivity index (χ0) is 39.3. The van der Waals surface area contributed by atoms with Crippen LogP contribution in [0.1, 0.15) is 73.9 Å². The summed E-state index contributed by atoms with van der Waals surface area (Å²) < 4.78 is 26.8. The number of anilines is 2. The van der Waals surface area contributed by atoms with E-state index >= 15 is 0 Å². The Bertz CT molecular complexity index is 2030. The number of unbranched alkanes of at least 4 members (excludes halogenated alkanes) is 7. The zero-order valence-corrected chi connectivity index (χ0v) is 39.3. The fraction of sp³-hybridized carbons (Fsp3) is 0.375. The molecule has 0 bridgehead atoms. The molecule has 58 heavy (non-hydrogen) atoms. The van der Waals surface area contributed by atoms with Crippen LogP contribution in [0.2, 0.25) is 0 Å². The maximum atomic E-state index is 5.52. The molecule has 0 radical (unpaired) electrons. The number of ether oxygens (including phenoxy) is 4. The number of benzene rings is 4. The van der Waals surface area contributed by atoms with E-state index < -0.39 is 0 Å². The summed E-state index contributed by atoms with van der Waals surface area (Å²) >= 11 is 0. The number of nitrogens with one attached hydrogen (secondary N) is 2. The summed E-state index contributed by atoms with van der Waals surface area (Å²) in [5.41, 5.74) is 9.56. The van der Waals surface area contributed by atoms with E-state index in [1.165, 1.54) is 95.9 Å². The number of fused-ring (bicyclic) bond motifs is 2. The molecule has 0 fully saturated rings. The molecule has 2 heterocycles. The number of hydrogen-bond acceptors (Lipinski definition) is 6. The van der Waals surface area contributed by atoms with Crippen molar-refractivity contribution in [1.82, 2.24) is 0 Å². The number of aromatic nitrogens is 2. The number of methoxy groups -OCH3 is 4. The number of aryl methyl sites for hydroxylation is 2. The van der Waals surface area contributed by atoms with Crippen molar-refractivity contribution >= 4 is 33.2 Å². The Morgan fingerprint density at radius 2 is 0.759 bits per heavy atom. The Kier molecular flexibility index (Phi) is 18.9. The van der Waals surface area contributed by atoms with Gasteiger partial charge in [-0.1, -0.05) is 62.8 Å². The van der Waals surface area contributed by atoms with Gasteiger partial charge >= 0.3 is 0 Å². The third-order valence-electron chi connectivity index (χ3n) is 10.8. The Morgan fingerprint density at radius 3 is 1.10 bits per heavy atom. The summed E-state index contributed by atoms with van der Waals surface area (Å²) in [7, 11) is 6.78. The predicted molar refractivity (Wildman–Crippen MR) is 229 cm³/mol. The standard InChI is InChI=1S/C48H58N4O4.2HI/c1-35-25-45(43-19-13-15-21-47(43)51(35)33-37-27-39(53-3)31-40(28-37)54-4)49-23-17-11-9-7-8-10-12-18-24-50-46-26-36(2)52(48-22-16-14-20-44(46)48)34-38-29-41(55-5)32-42(30-38)56-6;;/h13-16,19-22,25-32H,7-12,17-18,23-24,33-34H2,1-6H3;2*1H. The van der Waals surface area contributed by atoms with Crippen LogP contribution < -0.4 is 86.7 Å². The molecule has 0 amide bonds. The molecule has 6 aromatic rings. The number of hydrogen-bond donors (Lipinski definition) is 2. The van der Waals surface area contributed by atoms with Gasteiger partial charge < -0.3 is 77.5 Å². The molecule has 0 unspecified atom stereocenters. The monoisotopic (exact) mass is 1010 g/mol. The minimum Gasteiger partial charge on any atom is -1.00 e. The number of pyridine rings is 2. The molecule has 0 aliphatic carbocycles. The zero-order valence-electron chi connectivity index (χ0n) is 35.0. The Balaban J connectivity index is 0.00000372. The molecule has 2 N–H and O–H groups in total. The van der Waals surface area contributed by atoms with Gasteiger partial charge in [0.1, 0.15) is 23.0 Å². The van der Waals surface area contributed by atoms with E-state index in [0.717, 1.165) is 60.3 Å². The van der Waals surface area contributed by atoms with Gasteiger partial charge in [-0.15, -0.1) is 0 Å². The van der Waals surface area contributed by atoms with Crippen LogP contribution in [0.25, 0.3) is 21.8 Å². The average Bonchev–Trinajstić information content (AvgIpc) is 3.23. The predicted octanol–water partition coefficient (Wildman–Crippen LogP) is 3.97. The quantitative estimate of drug-likeness (QED) is 0.0648. The van der Waals surface area contributed by atoms with Gasteiger partial charge in [-0.2, -0.15) is 9.13 Å². The number of para-hydroxylation sites is 2. The van der Waals surface area contributed by atoms with Gasteiger partial charge in [-0.05, 0) is 49.2 Å². The number of nitrogens with zero attached hydrogens (tertiary/aromatic N) is 2. The van der Waals surface area contributed by atoms with Crippen LogP contribution in [0.3, 0.4) is 0 Å². The Labute approximate surface area is 379 Å². The molecule has 8 nitrogen and oxygen atoms in total. The Hall–Kier alpha value is -4.04. The summed E-state index contributed by atoms with van der Waals surface area (Å²) in [5.74, 6) is 3.22. The van der Waals surface area contributed by atoms with E-state index in [2.05, 4.69) is 119 Å². The maximum absolute atomic E-state index is 5.52. The molecule has 0 saturated carbocycles. The summed E-state index contributed by atoms with van der Waals surface area (Å²) in [6, 6.07) is 34.1. The highest BCUT2D eigenvalue weighted by Gasteiger charge is 2.20. The van der Waals surface area contributed by atoms with Gasteiger partial charge in [-0.3, -0.25) is 0 Å². The largest absolute Gasteiger partial charge is 1.00 e. The SMILES string of the molecule is COc1cc(C[n+]2c(C)cc(NCCCCCCCCCCNc3cc(C)[n+](Cc4cc(OC)cc(OC)c4)c4ccccc34)c3ccccc32)cc(OC)c1.[I-].[I-]. The highest BCUT2D eigenvalue weighted by molar-refractivity contribution is 5.90. The second-order valence-corrected chi connectivity index (χ2v) is 14.7. The molecule has 0 spiro atoms. The molecule has 0 atom stereocenters. The lowest BCUT2D eigenvalue weighted by molar-refractivity contribution is -0.668. The van der Waals surface area contributed by atoms with Gasteiger partial charge in [-0.25, -0.2) is 0 Å². The first kappa shape index (κ1) is 46.6. The van der Waals surface area contributed by atoms with Crippen molar-refractivity contribution in [3.8, 4) is 23.0 Å². The molecule has 4 aromatic carbocycles. The van der Waals surface area contributed by atoms with Gasteiger partial charge in [0.05, 0.1) is 50.6 Å². The normalized spacial score (nSPS) is 10.8. The third-order valence-corrected chi connectivity index (χ3v) is 10.8. The Morgan fingerprint density at radius 1 is 0.431 bits per heavy atom. The van der Waals surface area contributed by atoms with Gasteiger partial charge in [0, 0.05) is 74.5 Å². The molecule has 0 aliphatic rings. The van der Waals surface area contributed by atoms with Crippen molar-refractivity contribution in [3.05, 3.63) is 120 Å². The molecule has 0 saturated heterocycles. The summed E-state index contributed by atoms with van der Waals surface area (Å²) in [5, 5.41) is 10.0. The van der Waals surface area contributed by atoms with E-state index in [1.807, 2.05) is 12.1 Å². The topological polar surface area (TPSA) is 68.7 Å². The maximum Gasteiger partial charge on any atom is 0.215 e. The van der Waals surface area contributed by atoms with E-state index in [-0.39, 0.29) is 48.0 Å². The molecular formula is C48H60I2N4O4. The van der Waals surface area contributed by atoms with Crippen LogP contribution in [-0.4, -0.2) is 41.5 Å². The highest BCUT2D eigenvalue weighted by Crippen LogP contribution is 2.27. The van der Waals surface area contributed by atoms with Crippen LogP contribution in [0.15, 0.2) is 97.1 Å². The average molecular weight is 1010 g/mol. The molecule has 310 valence electrons. The first-order valence-corrected chi connectivity index (χ1v) is 20.2. The second-order valence-electron chi connectivity index (χ2n) is 14.7. The van der Waals surface area contributed by atoms with Crippen molar-refractivity contribution in [2.45, 2.75) is 78.3 Å². The van der Waals surface area contributed by atoms with Gasteiger partial charge in [0.2, 0.25) is 11.0 Å².